The van der Waals surface area contributed by atoms with Gasteiger partial charge in [0.2, 0.25) is 0 Å². The van der Waals surface area contributed by atoms with Crippen molar-refractivity contribution in [2.45, 2.75) is 18.4 Å². The first-order valence-electron chi connectivity index (χ1n) is 22.7. The van der Waals surface area contributed by atoms with Crippen LogP contribution in [0.3, 0.4) is 0 Å². The fourth-order valence-corrected chi connectivity index (χ4v) is 9.43. The van der Waals surface area contributed by atoms with Gasteiger partial charge < -0.3 is 10.6 Å². The van der Waals surface area contributed by atoms with Crippen LogP contribution < -0.4 is 16.0 Å². The van der Waals surface area contributed by atoms with Crippen molar-refractivity contribution >= 4 is 28.3 Å². The molecule has 316 valence electrons. The Balaban J connectivity index is 1.01. The molecule has 0 fully saturated rings. The molecule has 2 heterocycles. The zero-order chi connectivity index (χ0) is 44.1. The van der Waals surface area contributed by atoms with Crippen LogP contribution in [0.25, 0.3) is 44.7 Å². The number of rotatable bonds is 10. The third kappa shape index (κ3) is 8.30. The van der Waals surface area contributed by atoms with Gasteiger partial charge in [0.1, 0.15) is 18.2 Å². The quantitative estimate of drug-likeness (QED) is 0.128. The molecule has 11 rings (SSSR count). The number of dihydropyridines is 1. The maximum Gasteiger partial charge on any atom is 0.131 e. The molecule has 0 bridgehead atoms. The Morgan fingerprint density at radius 3 is 1.39 bits per heavy atom. The predicted octanol–water partition coefficient (Wildman–Crippen LogP) is 14.2. The lowest BCUT2D eigenvalue weighted by Gasteiger charge is -2.36. The molecular formula is C62H48N4. The molecule has 9 aromatic rings. The molecule has 2 aliphatic rings. The summed E-state index contributed by atoms with van der Waals surface area (Å²) < 4.78 is 0. The molecule has 3 N–H and O–H groups in total. The first kappa shape index (κ1) is 40.5. The lowest BCUT2D eigenvalue weighted by molar-refractivity contribution is 0.409. The summed E-state index contributed by atoms with van der Waals surface area (Å²) in [6.45, 7) is 0. The second-order valence-electron chi connectivity index (χ2n) is 16.8. The van der Waals surface area contributed by atoms with Gasteiger partial charge in [-0.15, -0.1) is 0 Å². The van der Waals surface area contributed by atoms with Crippen LogP contribution in [0.15, 0.2) is 260 Å². The first-order valence-corrected chi connectivity index (χ1v) is 22.7. The zero-order valence-corrected chi connectivity index (χ0v) is 36.4. The Morgan fingerprint density at radius 2 is 0.758 bits per heavy atom. The molecular weight excluding hydrogens is 801 g/mol. The summed E-state index contributed by atoms with van der Waals surface area (Å²) in [7, 11) is 0. The van der Waals surface area contributed by atoms with E-state index in [4.69, 9.17) is 4.99 Å². The Labute approximate surface area is 387 Å². The molecule has 0 radical (unpaired) electrons. The molecule has 0 saturated carbocycles. The molecule has 3 atom stereocenters. The average molecular weight is 849 g/mol. The molecule has 2 aliphatic heterocycles. The van der Waals surface area contributed by atoms with Crippen molar-refractivity contribution in [3.05, 3.63) is 299 Å². The van der Waals surface area contributed by atoms with Crippen LogP contribution in [-0.2, 0) is 0 Å². The third-order valence-corrected chi connectivity index (χ3v) is 12.6. The van der Waals surface area contributed by atoms with Crippen molar-refractivity contribution in [2.24, 2.45) is 4.99 Å². The summed E-state index contributed by atoms with van der Waals surface area (Å²) in [5.74, 6) is 0.850. The second kappa shape index (κ2) is 18.4. The van der Waals surface area contributed by atoms with Crippen LogP contribution in [0, 0.1) is 0 Å². The number of hydrogen-bond donors (Lipinski definition) is 3. The van der Waals surface area contributed by atoms with Crippen LogP contribution in [0.1, 0.15) is 62.9 Å². The van der Waals surface area contributed by atoms with Gasteiger partial charge in [-0.25, -0.2) is 4.99 Å². The van der Waals surface area contributed by atoms with E-state index in [2.05, 4.69) is 271 Å². The van der Waals surface area contributed by atoms with Crippen molar-refractivity contribution < 1.29 is 0 Å². The molecule has 4 nitrogen and oxygen atoms in total. The molecule has 4 heteroatoms. The van der Waals surface area contributed by atoms with Gasteiger partial charge in [-0.2, -0.15) is 0 Å². The van der Waals surface area contributed by atoms with E-state index in [1.54, 1.807) is 0 Å². The summed E-state index contributed by atoms with van der Waals surface area (Å²) in [6, 6.07) is 90.9. The van der Waals surface area contributed by atoms with Gasteiger partial charge in [0, 0.05) is 11.1 Å². The molecule has 0 aliphatic carbocycles. The Morgan fingerprint density at radius 1 is 0.303 bits per heavy atom. The molecule has 9 aromatic carbocycles. The Bertz CT molecular complexity index is 3180. The number of nitrogens with one attached hydrogen (secondary N) is 3. The topological polar surface area (TPSA) is 48.5 Å². The molecule has 0 saturated heterocycles. The highest BCUT2D eigenvalue weighted by Gasteiger charge is 2.33. The van der Waals surface area contributed by atoms with E-state index in [0.29, 0.717) is 0 Å². The largest absolute Gasteiger partial charge is 0.373 e. The van der Waals surface area contributed by atoms with Crippen LogP contribution >= 0.6 is 0 Å². The molecule has 3 unspecified atom stereocenters. The molecule has 66 heavy (non-hydrogen) atoms. The summed E-state index contributed by atoms with van der Waals surface area (Å²) in [5, 5.41) is 11.7. The minimum absolute atomic E-state index is 0.114. The van der Waals surface area contributed by atoms with Gasteiger partial charge in [-0.3, -0.25) is 5.32 Å². The summed E-state index contributed by atoms with van der Waals surface area (Å²) in [4.78, 5) is 5.27. The van der Waals surface area contributed by atoms with Crippen LogP contribution in [0.5, 0.6) is 0 Å². The van der Waals surface area contributed by atoms with Crippen molar-refractivity contribution in [3.63, 3.8) is 0 Å². The van der Waals surface area contributed by atoms with Crippen molar-refractivity contribution in [3.8, 4) is 22.3 Å². The minimum Gasteiger partial charge on any atom is -0.373 e. The van der Waals surface area contributed by atoms with E-state index in [9.17, 15) is 0 Å². The predicted molar refractivity (Wildman–Crippen MR) is 274 cm³/mol. The Kier molecular flexibility index (Phi) is 11.3. The maximum atomic E-state index is 5.27. The molecule has 0 aromatic heterocycles. The van der Waals surface area contributed by atoms with Crippen molar-refractivity contribution in [1.82, 2.24) is 16.0 Å². The van der Waals surface area contributed by atoms with E-state index >= 15 is 0 Å². The Hall–Kier alpha value is -8.31. The fraction of sp³-hybridized carbons (Fsp3) is 0.0484. The van der Waals surface area contributed by atoms with E-state index in [-0.39, 0.29) is 18.4 Å². The zero-order valence-electron chi connectivity index (χ0n) is 36.4. The van der Waals surface area contributed by atoms with Gasteiger partial charge in [-0.05, 0) is 84.5 Å². The number of allylic oxidation sites excluding steroid dienone is 2. The van der Waals surface area contributed by atoms with Gasteiger partial charge in [-0.1, -0.05) is 243 Å². The lowest BCUT2D eigenvalue weighted by Crippen LogP contribution is -2.44. The van der Waals surface area contributed by atoms with E-state index in [0.717, 1.165) is 56.0 Å². The van der Waals surface area contributed by atoms with E-state index in [1.165, 1.54) is 39.0 Å². The van der Waals surface area contributed by atoms with Gasteiger partial charge in [0.05, 0.1) is 11.7 Å². The fourth-order valence-electron chi connectivity index (χ4n) is 9.43. The summed E-state index contributed by atoms with van der Waals surface area (Å²) >= 11 is 0. The highest BCUT2D eigenvalue weighted by molar-refractivity contribution is 6.24. The van der Waals surface area contributed by atoms with Crippen LogP contribution in [0.2, 0.25) is 0 Å². The number of amidine groups is 1. The third-order valence-electron chi connectivity index (χ3n) is 12.6. The highest BCUT2D eigenvalue weighted by Crippen LogP contribution is 2.50. The van der Waals surface area contributed by atoms with Gasteiger partial charge in [0.25, 0.3) is 0 Å². The van der Waals surface area contributed by atoms with Gasteiger partial charge in [0.15, 0.2) is 0 Å². The monoisotopic (exact) mass is 848 g/mol. The lowest BCUT2D eigenvalue weighted by atomic mass is 9.76. The van der Waals surface area contributed by atoms with Gasteiger partial charge >= 0.3 is 0 Å². The molecule has 0 amide bonds. The van der Waals surface area contributed by atoms with Crippen molar-refractivity contribution in [1.29, 1.82) is 0 Å². The number of benzene rings is 9. The second-order valence-corrected chi connectivity index (χ2v) is 16.8. The van der Waals surface area contributed by atoms with Crippen LogP contribution in [0.4, 0.5) is 0 Å². The number of hydrogen-bond acceptors (Lipinski definition) is 4. The maximum absolute atomic E-state index is 5.27. The van der Waals surface area contributed by atoms with Crippen molar-refractivity contribution in [2.75, 3.05) is 0 Å². The number of aliphatic imine (C=N–C) groups is 1. The first-order chi connectivity index (χ1) is 32.7. The minimum atomic E-state index is -0.228. The summed E-state index contributed by atoms with van der Waals surface area (Å²) in [5.41, 5.74) is 18.5. The van der Waals surface area contributed by atoms with Crippen LogP contribution in [-0.4, -0.2) is 5.84 Å². The molecule has 0 spiro atoms. The van der Waals surface area contributed by atoms with E-state index in [1.807, 2.05) is 0 Å². The summed E-state index contributed by atoms with van der Waals surface area (Å²) in [6.07, 6.45) is -0.388. The standard InChI is InChI=1S/C62H48N4/c1-7-21-43(22-8-1)52-34-20-36-54(42-52)62-65-60(49-31-17-6-18-32-49)64-61(66-62)50-39-37-44(38-40-50)51-33-19-35-53(41-51)55-56(45-23-9-2-10-24-45)58(47-27-13-4-14-28-47)63-59(48-29-15-5-16-30-48)57(55)46-25-11-3-12-26-46/h1-42,58,60,62-63,65H,(H,64,66). The highest BCUT2D eigenvalue weighted by atomic mass is 15.3. The normalized spacial score (nSPS) is 17.1. The number of nitrogens with zero attached hydrogens (tertiary/aromatic N) is 1. The van der Waals surface area contributed by atoms with E-state index < -0.39 is 0 Å². The smallest absolute Gasteiger partial charge is 0.131 e. The SMILES string of the molecule is c1ccc(C2=C(c3ccccc3)C(c3cccc(-c4ccc(C5=NC(c6ccccc6)NC(c6cccc(-c7ccccc7)c6)N5)cc4)c3)=C(c3ccccc3)C(c3ccccc3)N2)cc1. The average Bonchev–Trinajstić information content (AvgIpc) is 3.41.